The summed E-state index contributed by atoms with van der Waals surface area (Å²) in [5.41, 5.74) is 3.52. The second-order valence-electron chi connectivity index (χ2n) is 4.85. The first-order valence-corrected chi connectivity index (χ1v) is 7.32. The highest BCUT2D eigenvalue weighted by molar-refractivity contribution is 9.09. The van der Waals surface area contributed by atoms with Gasteiger partial charge in [-0.25, -0.2) is 0 Å². The zero-order valence-corrected chi connectivity index (χ0v) is 12.4. The average Bonchev–Trinajstić information content (AvgIpc) is 2.83. The van der Waals surface area contributed by atoms with Gasteiger partial charge in [-0.05, 0) is 37.1 Å². The predicted molar refractivity (Wildman–Crippen MR) is 82.8 cm³/mol. The Morgan fingerprint density at radius 2 is 1.84 bits per heavy atom. The van der Waals surface area contributed by atoms with Crippen molar-refractivity contribution in [1.82, 2.24) is 0 Å². The largest absolute Gasteiger partial charge is 0.460 e. The summed E-state index contributed by atoms with van der Waals surface area (Å²) in [6, 6.07) is 18.9. The third-order valence-corrected chi connectivity index (χ3v) is 4.03. The van der Waals surface area contributed by atoms with Crippen molar-refractivity contribution in [3.05, 3.63) is 71.5 Å². The van der Waals surface area contributed by atoms with Gasteiger partial charge in [0.2, 0.25) is 0 Å². The molecule has 0 bridgehead atoms. The first-order chi connectivity index (χ1) is 9.22. The van der Waals surface area contributed by atoms with Crippen molar-refractivity contribution in [1.29, 1.82) is 0 Å². The average molecular weight is 315 g/mol. The Bertz CT molecular complexity index is 685. The zero-order valence-electron chi connectivity index (χ0n) is 10.8. The molecule has 0 radical (unpaired) electrons. The summed E-state index contributed by atoms with van der Waals surface area (Å²) in [4.78, 5) is 0.211. The lowest BCUT2D eigenvalue weighted by atomic mass is 10.1. The number of hydrogen-bond acceptors (Lipinski definition) is 1. The van der Waals surface area contributed by atoms with Crippen LogP contribution in [0.1, 0.15) is 21.7 Å². The molecule has 1 nitrogen and oxygen atoms in total. The van der Waals surface area contributed by atoms with Crippen LogP contribution in [0.25, 0.3) is 11.0 Å². The lowest BCUT2D eigenvalue weighted by Gasteiger charge is -2.06. The fourth-order valence-electron chi connectivity index (χ4n) is 2.26. The topological polar surface area (TPSA) is 13.1 Å². The number of rotatable bonds is 3. The smallest absolute Gasteiger partial charge is 0.134 e. The van der Waals surface area contributed by atoms with Crippen LogP contribution < -0.4 is 0 Å². The van der Waals surface area contributed by atoms with Gasteiger partial charge in [0.25, 0.3) is 0 Å². The first-order valence-electron chi connectivity index (χ1n) is 6.40. The molecule has 0 aliphatic heterocycles. The van der Waals surface area contributed by atoms with E-state index in [9.17, 15) is 0 Å². The normalized spacial score (nSPS) is 12.7. The van der Waals surface area contributed by atoms with Gasteiger partial charge in [0.1, 0.15) is 11.3 Å². The van der Waals surface area contributed by atoms with Crippen molar-refractivity contribution in [3.63, 3.8) is 0 Å². The van der Waals surface area contributed by atoms with Crippen LogP contribution in [0, 0.1) is 6.92 Å². The van der Waals surface area contributed by atoms with Gasteiger partial charge in [-0.1, -0.05) is 57.9 Å². The number of benzene rings is 2. The summed E-state index contributed by atoms with van der Waals surface area (Å²) in [7, 11) is 0. The molecule has 0 fully saturated rings. The summed E-state index contributed by atoms with van der Waals surface area (Å²) in [5, 5.41) is 1.17. The second-order valence-corrected chi connectivity index (χ2v) is 5.95. The lowest BCUT2D eigenvalue weighted by Crippen LogP contribution is -1.93. The van der Waals surface area contributed by atoms with Gasteiger partial charge in [0.15, 0.2) is 0 Å². The van der Waals surface area contributed by atoms with E-state index >= 15 is 0 Å². The molecule has 2 heteroatoms. The Morgan fingerprint density at radius 1 is 1.05 bits per heavy atom. The van der Waals surface area contributed by atoms with E-state index in [4.69, 9.17) is 4.42 Å². The SMILES string of the molecule is Cc1ccc2oc(C(Br)Cc3ccccc3)cc2c1. The maximum Gasteiger partial charge on any atom is 0.134 e. The van der Waals surface area contributed by atoms with Crippen molar-refractivity contribution < 1.29 is 4.42 Å². The van der Waals surface area contributed by atoms with Crippen LogP contribution in [0.3, 0.4) is 0 Å². The summed E-state index contributed by atoms with van der Waals surface area (Å²) in [5.74, 6) is 0.990. The number of alkyl halides is 1. The van der Waals surface area contributed by atoms with Crippen molar-refractivity contribution in [2.24, 2.45) is 0 Å². The fraction of sp³-hybridized carbons (Fsp3) is 0.176. The minimum absolute atomic E-state index is 0.211. The van der Waals surface area contributed by atoms with Crippen LogP contribution in [-0.2, 0) is 6.42 Å². The molecule has 0 aliphatic rings. The van der Waals surface area contributed by atoms with Crippen LogP contribution in [-0.4, -0.2) is 0 Å². The van der Waals surface area contributed by atoms with E-state index in [1.165, 1.54) is 16.5 Å². The highest BCUT2D eigenvalue weighted by atomic mass is 79.9. The van der Waals surface area contributed by atoms with Gasteiger partial charge >= 0.3 is 0 Å². The molecular weight excluding hydrogens is 300 g/mol. The highest BCUT2D eigenvalue weighted by Crippen LogP contribution is 2.32. The van der Waals surface area contributed by atoms with E-state index in [0.29, 0.717) is 0 Å². The van der Waals surface area contributed by atoms with Crippen molar-refractivity contribution in [2.45, 2.75) is 18.2 Å². The number of hydrogen-bond donors (Lipinski definition) is 0. The molecular formula is C17H15BrO. The van der Waals surface area contributed by atoms with E-state index in [2.05, 4.69) is 65.3 Å². The quantitative estimate of drug-likeness (QED) is 0.588. The maximum absolute atomic E-state index is 5.91. The van der Waals surface area contributed by atoms with Gasteiger partial charge in [-0.3, -0.25) is 0 Å². The Hall–Kier alpha value is -1.54. The van der Waals surface area contributed by atoms with Gasteiger partial charge in [-0.2, -0.15) is 0 Å². The number of halogens is 1. The number of furan rings is 1. The zero-order chi connectivity index (χ0) is 13.2. The Labute approximate surface area is 121 Å². The third kappa shape index (κ3) is 2.74. The second kappa shape index (κ2) is 5.22. The molecule has 1 heterocycles. The van der Waals surface area contributed by atoms with Crippen molar-refractivity contribution in [2.75, 3.05) is 0 Å². The molecule has 1 atom stereocenters. The van der Waals surface area contributed by atoms with Crippen LogP contribution in [0.2, 0.25) is 0 Å². The molecule has 0 saturated heterocycles. The van der Waals surface area contributed by atoms with Crippen LogP contribution in [0.15, 0.2) is 59.0 Å². The summed E-state index contributed by atoms with van der Waals surface area (Å²) in [6.07, 6.45) is 0.930. The van der Waals surface area contributed by atoms with Crippen molar-refractivity contribution in [3.8, 4) is 0 Å². The van der Waals surface area contributed by atoms with E-state index in [1.807, 2.05) is 12.1 Å². The van der Waals surface area contributed by atoms with Crippen LogP contribution >= 0.6 is 15.9 Å². The van der Waals surface area contributed by atoms with E-state index in [1.54, 1.807) is 0 Å². The third-order valence-electron chi connectivity index (χ3n) is 3.26. The van der Waals surface area contributed by atoms with Gasteiger partial charge in [0.05, 0.1) is 4.83 Å². The predicted octanol–water partition coefficient (Wildman–Crippen LogP) is 5.42. The molecule has 2 aromatic carbocycles. The Balaban J connectivity index is 1.87. The van der Waals surface area contributed by atoms with E-state index in [0.717, 1.165) is 17.8 Å². The Kier molecular flexibility index (Phi) is 3.43. The molecule has 19 heavy (non-hydrogen) atoms. The molecule has 0 aliphatic carbocycles. The maximum atomic E-state index is 5.91. The minimum atomic E-state index is 0.211. The molecule has 96 valence electrons. The standard InChI is InChI=1S/C17H15BrO/c1-12-7-8-16-14(9-12)11-17(19-16)15(18)10-13-5-3-2-4-6-13/h2-9,11,15H,10H2,1H3. The van der Waals surface area contributed by atoms with E-state index in [-0.39, 0.29) is 4.83 Å². The highest BCUT2D eigenvalue weighted by Gasteiger charge is 2.13. The van der Waals surface area contributed by atoms with Gasteiger partial charge in [-0.15, -0.1) is 0 Å². The fourth-order valence-corrected chi connectivity index (χ4v) is 2.86. The van der Waals surface area contributed by atoms with Gasteiger partial charge in [0, 0.05) is 5.39 Å². The van der Waals surface area contributed by atoms with Crippen molar-refractivity contribution >= 4 is 26.9 Å². The molecule has 0 spiro atoms. The van der Waals surface area contributed by atoms with Crippen LogP contribution in [0.5, 0.6) is 0 Å². The molecule has 3 rings (SSSR count). The molecule has 3 aromatic rings. The lowest BCUT2D eigenvalue weighted by molar-refractivity contribution is 0.545. The molecule has 0 amide bonds. The molecule has 0 N–H and O–H groups in total. The Morgan fingerprint density at radius 3 is 2.63 bits per heavy atom. The number of aryl methyl sites for hydroxylation is 1. The summed E-state index contributed by atoms with van der Waals surface area (Å²) in [6.45, 7) is 2.10. The van der Waals surface area contributed by atoms with Crippen LogP contribution in [0.4, 0.5) is 0 Å². The molecule has 0 saturated carbocycles. The molecule has 1 aromatic heterocycles. The molecule has 1 unspecified atom stereocenters. The monoisotopic (exact) mass is 314 g/mol. The minimum Gasteiger partial charge on any atom is -0.460 e. The van der Waals surface area contributed by atoms with E-state index < -0.39 is 0 Å². The first kappa shape index (κ1) is 12.5. The van der Waals surface area contributed by atoms with Gasteiger partial charge < -0.3 is 4.42 Å². The summed E-state index contributed by atoms with van der Waals surface area (Å²) >= 11 is 3.73. The number of fused-ring (bicyclic) bond motifs is 1. The summed E-state index contributed by atoms with van der Waals surface area (Å²) < 4.78 is 5.91.